The van der Waals surface area contributed by atoms with Crippen LogP contribution in [0.4, 0.5) is 0 Å². The Balaban J connectivity index is 1.73. The standard InChI is InChI=1S/C12H15N5O/c1-16-11(3-6-14-16)12(18)17-7-4-9(8-17)10-2-5-13-15-10/h2-3,5-6,9H,4,7-8H2,1H3,(H,13,15)/t9-/m0/s1. The van der Waals surface area contributed by atoms with Crippen LogP contribution >= 0.6 is 0 Å². The number of nitrogens with zero attached hydrogens (tertiary/aromatic N) is 4. The molecule has 1 N–H and O–H groups in total. The lowest BCUT2D eigenvalue weighted by Gasteiger charge is -2.16. The molecular weight excluding hydrogens is 230 g/mol. The Hall–Kier alpha value is -2.11. The second-order valence-corrected chi connectivity index (χ2v) is 4.59. The second kappa shape index (κ2) is 4.29. The van der Waals surface area contributed by atoms with Crippen LogP contribution in [0.2, 0.25) is 0 Å². The summed E-state index contributed by atoms with van der Waals surface area (Å²) in [6.45, 7) is 1.53. The van der Waals surface area contributed by atoms with Crippen LogP contribution in [0, 0.1) is 0 Å². The van der Waals surface area contributed by atoms with E-state index in [4.69, 9.17) is 0 Å². The highest BCUT2D eigenvalue weighted by atomic mass is 16.2. The molecule has 0 saturated carbocycles. The average Bonchev–Trinajstić information content (AvgIpc) is 3.09. The highest BCUT2D eigenvalue weighted by molar-refractivity contribution is 5.92. The molecule has 6 nitrogen and oxygen atoms in total. The third-order valence-corrected chi connectivity index (χ3v) is 3.48. The summed E-state index contributed by atoms with van der Waals surface area (Å²) < 4.78 is 1.62. The number of H-pyrrole nitrogens is 1. The summed E-state index contributed by atoms with van der Waals surface area (Å²) in [4.78, 5) is 14.2. The third-order valence-electron chi connectivity index (χ3n) is 3.48. The zero-order valence-corrected chi connectivity index (χ0v) is 10.2. The number of amides is 1. The fraction of sp³-hybridized carbons (Fsp3) is 0.417. The maximum Gasteiger partial charge on any atom is 0.272 e. The molecule has 94 valence electrons. The molecule has 0 bridgehead atoms. The highest BCUT2D eigenvalue weighted by Gasteiger charge is 2.29. The maximum atomic E-state index is 12.3. The lowest BCUT2D eigenvalue weighted by molar-refractivity contribution is 0.0780. The molecular formula is C12H15N5O. The Bertz CT molecular complexity index is 545. The normalized spacial score (nSPS) is 19.4. The van der Waals surface area contributed by atoms with Crippen molar-refractivity contribution in [3.63, 3.8) is 0 Å². The number of nitrogens with one attached hydrogen (secondary N) is 1. The molecule has 18 heavy (non-hydrogen) atoms. The van der Waals surface area contributed by atoms with Gasteiger partial charge in [-0.3, -0.25) is 14.6 Å². The number of likely N-dealkylation sites (tertiary alicyclic amines) is 1. The van der Waals surface area contributed by atoms with E-state index < -0.39 is 0 Å². The van der Waals surface area contributed by atoms with Gasteiger partial charge < -0.3 is 4.90 Å². The Morgan fingerprint density at radius 1 is 1.44 bits per heavy atom. The average molecular weight is 245 g/mol. The summed E-state index contributed by atoms with van der Waals surface area (Å²) in [5.74, 6) is 0.418. The van der Waals surface area contributed by atoms with Gasteiger partial charge in [0.05, 0.1) is 0 Å². The van der Waals surface area contributed by atoms with Gasteiger partial charge in [0.15, 0.2) is 0 Å². The molecule has 1 aliphatic rings. The third kappa shape index (κ3) is 1.79. The van der Waals surface area contributed by atoms with Gasteiger partial charge in [0.25, 0.3) is 5.91 Å². The van der Waals surface area contributed by atoms with Crippen molar-refractivity contribution in [3.8, 4) is 0 Å². The number of rotatable bonds is 2. The Labute approximate surface area is 105 Å². The summed E-state index contributed by atoms with van der Waals surface area (Å²) in [5, 5.41) is 11.0. The molecule has 0 spiro atoms. The van der Waals surface area contributed by atoms with E-state index >= 15 is 0 Å². The molecule has 1 saturated heterocycles. The van der Waals surface area contributed by atoms with Gasteiger partial charge in [-0.1, -0.05) is 0 Å². The molecule has 0 unspecified atom stereocenters. The van der Waals surface area contributed by atoms with Crippen LogP contribution in [-0.2, 0) is 7.05 Å². The smallest absolute Gasteiger partial charge is 0.272 e. The van der Waals surface area contributed by atoms with Crippen LogP contribution < -0.4 is 0 Å². The summed E-state index contributed by atoms with van der Waals surface area (Å²) in [6, 6.07) is 3.73. The quantitative estimate of drug-likeness (QED) is 0.850. The molecule has 3 heterocycles. The molecule has 2 aromatic rings. The predicted octanol–water partition coefficient (Wildman–Crippen LogP) is 0.773. The molecule has 0 aromatic carbocycles. The maximum absolute atomic E-state index is 12.3. The van der Waals surface area contributed by atoms with E-state index in [9.17, 15) is 4.79 Å². The van der Waals surface area contributed by atoms with E-state index in [2.05, 4.69) is 15.3 Å². The molecule has 1 amide bonds. The van der Waals surface area contributed by atoms with Gasteiger partial charge in [-0.25, -0.2) is 0 Å². The fourth-order valence-electron chi connectivity index (χ4n) is 2.44. The molecule has 1 aliphatic heterocycles. The van der Waals surface area contributed by atoms with Crippen molar-refractivity contribution in [2.75, 3.05) is 13.1 Å². The molecule has 1 atom stereocenters. The first-order valence-corrected chi connectivity index (χ1v) is 6.02. The first kappa shape index (κ1) is 11.0. The molecule has 1 fully saturated rings. The summed E-state index contributed by atoms with van der Waals surface area (Å²) in [5.41, 5.74) is 1.75. The van der Waals surface area contributed by atoms with Crippen LogP contribution in [0.5, 0.6) is 0 Å². The second-order valence-electron chi connectivity index (χ2n) is 4.59. The van der Waals surface area contributed by atoms with Crippen molar-refractivity contribution in [1.82, 2.24) is 24.9 Å². The monoisotopic (exact) mass is 245 g/mol. The van der Waals surface area contributed by atoms with Crippen molar-refractivity contribution >= 4 is 5.91 Å². The Morgan fingerprint density at radius 3 is 3.00 bits per heavy atom. The molecule has 6 heteroatoms. The van der Waals surface area contributed by atoms with Crippen molar-refractivity contribution in [2.45, 2.75) is 12.3 Å². The van der Waals surface area contributed by atoms with Crippen molar-refractivity contribution in [1.29, 1.82) is 0 Å². The zero-order valence-electron chi connectivity index (χ0n) is 10.2. The minimum absolute atomic E-state index is 0.0528. The highest BCUT2D eigenvalue weighted by Crippen LogP contribution is 2.26. The molecule has 2 aromatic heterocycles. The minimum Gasteiger partial charge on any atom is -0.337 e. The SMILES string of the molecule is Cn1nccc1C(=O)N1CC[C@H](c2ccn[nH]2)C1. The first-order valence-electron chi connectivity index (χ1n) is 6.02. The Kier molecular flexibility index (Phi) is 2.62. The number of aryl methyl sites for hydroxylation is 1. The number of carbonyl (C=O) groups excluding carboxylic acids is 1. The van der Waals surface area contributed by atoms with Gasteiger partial charge in [0.1, 0.15) is 5.69 Å². The summed E-state index contributed by atoms with van der Waals surface area (Å²) in [7, 11) is 1.79. The first-order chi connectivity index (χ1) is 8.75. The van der Waals surface area contributed by atoms with Crippen molar-refractivity contribution in [2.24, 2.45) is 7.05 Å². The molecule has 0 aliphatic carbocycles. The Morgan fingerprint density at radius 2 is 2.33 bits per heavy atom. The molecule has 0 radical (unpaired) electrons. The number of hydrogen-bond donors (Lipinski definition) is 1. The van der Waals surface area contributed by atoms with Crippen molar-refractivity contribution < 1.29 is 4.79 Å². The van der Waals surface area contributed by atoms with Gasteiger partial charge in [-0.05, 0) is 18.6 Å². The van der Waals surface area contributed by atoms with Crippen LogP contribution in [0.15, 0.2) is 24.5 Å². The van der Waals surface area contributed by atoms with E-state index in [1.807, 2.05) is 11.0 Å². The number of aromatic nitrogens is 4. The lowest BCUT2D eigenvalue weighted by Crippen LogP contribution is -2.30. The van der Waals surface area contributed by atoms with E-state index in [0.717, 1.165) is 25.2 Å². The van der Waals surface area contributed by atoms with Gasteiger partial charge in [-0.15, -0.1) is 0 Å². The lowest BCUT2D eigenvalue weighted by atomic mass is 10.1. The predicted molar refractivity (Wildman–Crippen MR) is 65.1 cm³/mol. The number of aromatic amines is 1. The van der Waals surface area contributed by atoms with Crippen LogP contribution in [-0.4, -0.2) is 43.9 Å². The van der Waals surface area contributed by atoms with Gasteiger partial charge >= 0.3 is 0 Å². The summed E-state index contributed by atoms with van der Waals surface area (Å²) in [6.07, 6.45) is 4.38. The van der Waals surface area contributed by atoms with Crippen LogP contribution in [0.25, 0.3) is 0 Å². The van der Waals surface area contributed by atoms with Crippen LogP contribution in [0.3, 0.4) is 0 Å². The van der Waals surface area contributed by atoms with Crippen LogP contribution in [0.1, 0.15) is 28.5 Å². The van der Waals surface area contributed by atoms with E-state index in [-0.39, 0.29) is 5.91 Å². The number of carbonyl (C=O) groups is 1. The fourth-order valence-corrected chi connectivity index (χ4v) is 2.44. The van der Waals surface area contributed by atoms with Gasteiger partial charge in [-0.2, -0.15) is 10.2 Å². The van der Waals surface area contributed by atoms with E-state index in [1.54, 1.807) is 30.2 Å². The zero-order chi connectivity index (χ0) is 12.5. The topological polar surface area (TPSA) is 66.8 Å². The number of hydrogen-bond acceptors (Lipinski definition) is 3. The largest absolute Gasteiger partial charge is 0.337 e. The van der Waals surface area contributed by atoms with Crippen molar-refractivity contribution in [3.05, 3.63) is 35.9 Å². The minimum atomic E-state index is 0.0528. The van der Waals surface area contributed by atoms with E-state index in [0.29, 0.717) is 11.6 Å². The summed E-state index contributed by atoms with van der Waals surface area (Å²) >= 11 is 0. The van der Waals surface area contributed by atoms with Gasteiger partial charge in [0, 0.05) is 44.1 Å². The molecule has 3 rings (SSSR count). The van der Waals surface area contributed by atoms with E-state index in [1.165, 1.54) is 0 Å². The van der Waals surface area contributed by atoms with Gasteiger partial charge in [0.2, 0.25) is 0 Å².